The monoisotopic (exact) mass is 319 g/mol. The van der Waals surface area contributed by atoms with Crippen LogP contribution < -0.4 is 0 Å². The number of carbonyl (C=O) groups is 1. The molecule has 0 spiro atoms. The maximum atomic E-state index is 13.2. The summed E-state index contributed by atoms with van der Waals surface area (Å²) in [5, 5.41) is 0. The molecule has 1 aromatic rings. The predicted octanol–water partition coefficient (Wildman–Crippen LogP) is 3.42. The normalized spacial score (nSPS) is 22.5. The number of ether oxygens (including phenoxy) is 1. The van der Waals surface area contributed by atoms with Gasteiger partial charge < -0.3 is 9.64 Å². The average molecular weight is 319 g/mol. The van der Waals surface area contributed by atoms with Gasteiger partial charge in [-0.25, -0.2) is 4.39 Å². The third kappa shape index (κ3) is 4.77. The molecular formula is C19H26FNO2. The van der Waals surface area contributed by atoms with Gasteiger partial charge in [0.05, 0.1) is 0 Å². The number of likely N-dealkylation sites (tertiary alicyclic amines) is 1. The Kier molecular flexibility index (Phi) is 5.65. The highest BCUT2D eigenvalue weighted by Crippen LogP contribution is 2.24. The number of hydrogen-bond donors (Lipinski definition) is 0. The molecular weight excluding hydrogens is 293 g/mol. The minimum atomic E-state index is -0.161. The van der Waals surface area contributed by atoms with E-state index in [0.717, 1.165) is 64.0 Å². The molecule has 2 aliphatic rings. The number of carbonyl (C=O) groups excluding carboxylic acids is 1. The molecule has 1 amide bonds. The van der Waals surface area contributed by atoms with Crippen molar-refractivity contribution in [1.82, 2.24) is 4.90 Å². The maximum absolute atomic E-state index is 13.2. The Morgan fingerprint density at radius 2 is 2.04 bits per heavy atom. The molecule has 0 N–H and O–H groups in total. The van der Waals surface area contributed by atoms with Crippen LogP contribution in [0.15, 0.2) is 24.3 Å². The van der Waals surface area contributed by atoms with E-state index in [1.165, 1.54) is 6.07 Å². The van der Waals surface area contributed by atoms with Crippen LogP contribution in [0, 0.1) is 17.7 Å². The molecule has 126 valence electrons. The van der Waals surface area contributed by atoms with Crippen LogP contribution in [0.4, 0.5) is 4.39 Å². The third-order valence-corrected chi connectivity index (χ3v) is 5.17. The molecule has 0 aromatic heterocycles. The summed E-state index contributed by atoms with van der Waals surface area (Å²) in [5.74, 6) is 1.26. The molecule has 2 saturated heterocycles. The Labute approximate surface area is 137 Å². The summed E-state index contributed by atoms with van der Waals surface area (Å²) in [6.45, 7) is 3.37. The van der Waals surface area contributed by atoms with Gasteiger partial charge in [0.1, 0.15) is 5.82 Å². The van der Waals surface area contributed by atoms with Crippen molar-refractivity contribution in [2.45, 2.75) is 38.5 Å². The van der Waals surface area contributed by atoms with E-state index >= 15 is 0 Å². The van der Waals surface area contributed by atoms with Crippen molar-refractivity contribution in [3.05, 3.63) is 35.6 Å². The van der Waals surface area contributed by atoms with Crippen LogP contribution in [0.3, 0.4) is 0 Å². The molecule has 3 nitrogen and oxygen atoms in total. The van der Waals surface area contributed by atoms with Crippen molar-refractivity contribution in [3.63, 3.8) is 0 Å². The molecule has 23 heavy (non-hydrogen) atoms. The summed E-state index contributed by atoms with van der Waals surface area (Å²) in [4.78, 5) is 14.3. The molecule has 2 aliphatic heterocycles. The van der Waals surface area contributed by atoms with Gasteiger partial charge >= 0.3 is 0 Å². The maximum Gasteiger partial charge on any atom is 0.222 e. The first-order valence-electron chi connectivity index (χ1n) is 8.80. The molecule has 0 unspecified atom stereocenters. The summed E-state index contributed by atoms with van der Waals surface area (Å²) in [6, 6.07) is 6.88. The predicted molar refractivity (Wildman–Crippen MR) is 87.6 cm³/mol. The Hall–Kier alpha value is -1.42. The third-order valence-electron chi connectivity index (χ3n) is 5.17. The number of halogens is 1. The van der Waals surface area contributed by atoms with E-state index in [-0.39, 0.29) is 5.82 Å². The molecule has 4 heteroatoms. The van der Waals surface area contributed by atoms with E-state index in [4.69, 9.17) is 4.74 Å². The fraction of sp³-hybridized carbons (Fsp3) is 0.632. The van der Waals surface area contributed by atoms with Gasteiger partial charge in [-0.2, -0.15) is 0 Å². The fourth-order valence-electron chi connectivity index (χ4n) is 3.68. The lowest BCUT2D eigenvalue weighted by Crippen LogP contribution is -2.39. The average Bonchev–Trinajstić information content (AvgIpc) is 3.07. The first-order chi connectivity index (χ1) is 11.2. The molecule has 1 atom stereocenters. The van der Waals surface area contributed by atoms with Crippen molar-refractivity contribution in [2.24, 2.45) is 11.8 Å². The van der Waals surface area contributed by atoms with E-state index in [9.17, 15) is 9.18 Å². The van der Waals surface area contributed by atoms with Crippen LogP contribution in [-0.2, 0) is 16.0 Å². The Morgan fingerprint density at radius 1 is 1.22 bits per heavy atom. The molecule has 0 aliphatic carbocycles. The van der Waals surface area contributed by atoms with Crippen LogP contribution in [0.1, 0.15) is 37.7 Å². The molecule has 0 saturated carbocycles. The van der Waals surface area contributed by atoms with Crippen molar-refractivity contribution < 1.29 is 13.9 Å². The number of hydrogen-bond acceptors (Lipinski definition) is 2. The van der Waals surface area contributed by atoms with Crippen molar-refractivity contribution in [1.29, 1.82) is 0 Å². The van der Waals surface area contributed by atoms with Gasteiger partial charge in [-0.05, 0) is 61.6 Å². The number of nitrogens with zero attached hydrogens (tertiary/aromatic N) is 1. The van der Waals surface area contributed by atoms with E-state index in [0.29, 0.717) is 24.2 Å². The second kappa shape index (κ2) is 7.91. The number of rotatable bonds is 5. The van der Waals surface area contributed by atoms with Gasteiger partial charge in [-0.1, -0.05) is 12.1 Å². The summed E-state index contributed by atoms with van der Waals surface area (Å²) in [6.07, 6.45) is 5.68. The van der Waals surface area contributed by atoms with Crippen molar-refractivity contribution >= 4 is 5.91 Å². The Morgan fingerprint density at radius 3 is 2.74 bits per heavy atom. The lowest BCUT2D eigenvalue weighted by molar-refractivity contribution is -0.132. The first kappa shape index (κ1) is 16.4. The summed E-state index contributed by atoms with van der Waals surface area (Å²) < 4.78 is 18.6. The molecule has 0 radical (unpaired) electrons. The van der Waals surface area contributed by atoms with Crippen LogP contribution >= 0.6 is 0 Å². The lowest BCUT2D eigenvalue weighted by Gasteiger charge is -2.32. The quantitative estimate of drug-likeness (QED) is 0.832. The van der Waals surface area contributed by atoms with E-state index < -0.39 is 0 Å². The van der Waals surface area contributed by atoms with Gasteiger partial charge in [0.25, 0.3) is 0 Å². The van der Waals surface area contributed by atoms with Gasteiger partial charge in [0.15, 0.2) is 0 Å². The SMILES string of the molecule is O=C(CC[C@@H]1CCOC1)N1CCC(Cc2cccc(F)c2)CC1. The van der Waals surface area contributed by atoms with Crippen LogP contribution in [0.25, 0.3) is 0 Å². The van der Waals surface area contributed by atoms with E-state index in [1.807, 2.05) is 11.0 Å². The largest absolute Gasteiger partial charge is 0.381 e. The second-order valence-electron chi connectivity index (χ2n) is 6.93. The Bertz CT molecular complexity index is 520. The number of benzene rings is 1. The minimum Gasteiger partial charge on any atom is -0.381 e. The van der Waals surface area contributed by atoms with Crippen LogP contribution in [0.2, 0.25) is 0 Å². The zero-order chi connectivity index (χ0) is 16.1. The summed E-state index contributed by atoms with van der Waals surface area (Å²) >= 11 is 0. The van der Waals surface area contributed by atoms with Gasteiger partial charge in [-0.3, -0.25) is 4.79 Å². The van der Waals surface area contributed by atoms with Crippen LogP contribution in [0.5, 0.6) is 0 Å². The Balaban J connectivity index is 1.40. The highest BCUT2D eigenvalue weighted by atomic mass is 19.1. The van der Waals surface area contributed by atoms with Crippen molar-refractivity contribution in [3.8, 4) is 0 Å². The standard InChI is InChI=1S/C19H26FNO2/c20-18-3-1-2-17(13-18)12-15-6-9-21(10-7-15)19(22)5-4-16-8-11-23-14-16/h1-3,13,15-16H,4-12,14H2/t16-/m1/s1. The van der Waals surface area contributed by atoms with Gasteiger partial charge in [0.2, 0.25) is 5.91 Å². The number of amides is 1. The zero-order valence-electron chi connectivity index (χ0n) is 13.7. The van der Waals surface area contributed by atoms with Gasteiger partial charge in [-0.15, -0.1) is 0 Å². The molecule has 2 heterocycles. The molecule has 2 fully saturated rings. The highest BCUT2D eigenvalue weighted by Gasteiger charge is 2.24. The molecule has 1 aromatic carbocycles. The molecule has 0 bridgehead atoms. The van der Waals surface area contributed by atoms with Crippen LogP contribution in [-0.4, -0.2) is 37.1 Å². The smallest absolute Gasteiger partial charge is 0.222 e. The zero-order valence-corrected chi connectivity index (χ0v) is 13.7. The highest BCUT2D eigenvalue weighted by molar-refractivity contribution is 5.76. The second-order valence-corrected chi connectivity index (χ2v) is 6.93. The minimum absolute atomic E-state index is 0.161. The number of piperidine rings is 1. The van der Waals surface area contributed by atoms with E-state index in [2.05, 4.69) is 0 Å². The van der Waals surface area contributed by atoms with Crippen molar-refractivity contribution in [2.75, 3.05) is 26.3 Å². The first-order valence-corrected chi connectivity index (χ1v) is 8.80. The summed E-state index contributed by atoms with van der Waals surface area (Å²) in [7, 11) is 0. The lowest BCUT2D eigenvalue weighted by atomic mass is 9.90. The topological polar surface area (TPSA) is 29.5 Å². The van der Waals surface area contributed by atoms with E-state index in [1.54, 1.807) is 12.1 Å². The fourth-order valence-corrected chi connectivity index (χ4v) is 3.68. The summed E-state index contributed by atoms with van der Waals surface area (Å²) in [5.41, 5.74) is 1.07. The molecule has 3 rings (SSSR count). The van der Waals surface area contributed by atoms with Gasteiger partial charge in [0, 0.05) is 32.7 Å².